The average Bonchev–Trinajstić information content (AvgIpc) is 2.05. The summed E-state index contributed by atoms with van der Waals surface area (Å²) < 4.78 is 4.82. The fourth-order valence-electron chi connectivity index (χ4n) is 0.600. The Kier molecular flexibility index (Phi) is 6.05. The Bertz CT molecular complexity index is 147. The van der Waals surface area contributed by atoms with Crippen molar-refractivity contribution in [3.05, 3.63) is 0 Å². The maximum atomic E-state index is 11.0. The molecule has 0 aromatic rings. The Balaban J connectivity index is 3.49. The summed E-state index contributed by atoms with van der Waals surface area (Å²) in [5.74, 6) is 0. The van der Waals surface area contributed by atoms with Gasteiger partial charge in [-0.15, -0.1) is 0 Å². The van der Waals surface area contributed by atoms with E-state index in [0.29, 0.717) is 12.9 Å². The lowest BCUT2D eigenvalue weighted by molar-refractivity contribution is -0.108. The molecule has 0 unspecified atom stereocenters. The van der Waals surface area contributed by atoms with Gasteiger partial charge in [0.1, 0.15) is 6.29 Å². The number of rotatable bonds is 5. The summed E-state index contributed by atoms with van der Waals surface area (Å²) in [6.45, 7) is 2.53. The van der Waals surface area contributed by atoms with E-state index in [9.17, 15) is 9.59 Å². The van der Waals surface area contributed by atoms with Crippen molar-refractivity contribution in [3.63, 3.8) is 0 Å². The van der Waals surface area contributed by atoms with Crippen LogP contribution >= 0.6 is 0 Å². The van der Waals surface area contributed by atoms with E-state index in [4.69, 9.17) is 4.74 Å². The normalized spacial score (nSPS) is 9.17. The Labute approximate surface area is 72.5 Å². The number of hydrogen-bond donors (Lipinski definition) is 0. The Morgan fingerprint density at radius 2 is 2.25 bits per heavy atom. The molecule has 0 aliphatic heterocycles. The van der Waals surface area contributed by atoms with Gasteiger partial charge in [0.05, 0.1) is 13.2 Å². The van der Waals surface area contributed by atoms with E-state index in [1.807, 2.05) is 6.92 Å². The first-order chi connectivity index (χ1) is 5.72. The van der Waals surface area contributed by atoms with E-state index in [1.165, 1.54) is 11.9 Å². The van der Waals surface area contributed by atoms with Crippen LogP contribution in [0.15, 0.2) is 0 Å². The standard InChI is InChI=1S/C8H15NO3/c1-3-4-7-12-8(11)9(2)5-6-10/h6H,3-5,7H2,1-2H3. The van der Waals surface area contributed by atoms with E-state index in [-0.39, 0.29) is 6.54 Å². The zero-order valence-corrected chi connectivity index (χ0v) is 7.58. The van der Waals surface area contributed by atoms with Gasteiger partial charge >= 0.3 is 6.09 Å². The van der Waals surface area contributed by atoms with Crippen LogP contribution in [0.3, 0.4) is 0 Å². The molecule has 4 heteroatoms. The average molecular weight is 173 g/mol. The van der Waals surface area contributed by atoms with E-state index >= 15 is 0 Å². The number of aldehydes is 1. The molecule has 0 aliphatic carbocycles. The van der Waals surface area contributed by atoms with E-state index in [2.05, 4.69) is 0 Å². The fourth-order valence-corrected chi connectivity index (χ4v) is 0.600. The van der Waals surface area contributed by atoms with E-state index in [1.54, 1.807) is 0 Å². The highest BCUT2D eigenvalue weighted by atomic mass is 16.6. The predicted molar refractivity (Wildman–Crippen MR) is 45.0 cm³/mol. The highest BCUT2D eigenvalue weighted by Crippen LogP contribution is 1.92. The molecule has 0 aromatic carbocycles. The topological polar surface area (TPSA) is 46.6 Å². The molecule has 1 amide bonds. The summed E-state index contributed by atoms with van der Waals surface area (Å²) in [6, 6.07) is 0. The fraction of sp³-hybridized carbons (Fsp3) is 0.750. The zero-order chi connectivity index (χ0) is 9.40. The van der Waals surface area contributed by atoms with Gasteiger partial charge in [0.25, 0.3) is 0 Å². The van der Waals surface area contributed by atoms with Gasteiger partial charge < -0.3 is 14.4 Å². The van der Waals surface area contributed by atoms with Crippen molar-refractivity contribution < 1.29 is 14.3 Å². The molecule has 0 bridgehead atoms. The molecule has 0 fully saturated rings. The third-order valence-electron chi connectivity index (χ3n) is 1.38. The van der Waals surface area contributed by atoms with Crippen LogP contribution in [0.2, 0.25) is 0 Å². The van der Waals surface area contributed by atoms with Crippen molar-refractivity contribution in [3.8, 4) is 0 Å². The molecule has 0 atom stereocenters. The molecule has 0 radical (unpaired) electrons. The summed E-state index contributed by atoms with van der Waals surface area (Å²) in [5.41, 5.74) is 0. The second kappa shape index (κ2) is 6.64. The van der Waals surface area contributed by atoms with Gasteiger partial charge in [0.2, 0.25) is 0 Å². The van der Waals surface area contributed by atoms with Gasteiger partial charge in [-0.25, -0.2) is 4.79 Å². The zero-order valence-electron chi connectivity index (χ0n) is 7.58. The van der Waals surface area contributed by atoms with Crippen molar-refractivity contribution in [2.45, 2.75) is 19.8 Å². The smallest absolute Gasteiger partial charge is 0.409 e. The number of carbonyl (C=O) groups excluding carboxylic acids is 2. The first-order valence-corrected chi connectivity index (χ1v) is 4.04. The molecule has 0 N–H and O–H groups in total. The third kappa shape index (κ3) is 4.71. The molecule has 0 aliphatic rings. The highest BCUT2D eigenvalue weighted by Gasteiger charge is 2.07. The second-order valence-electron chi connectivity index (χ2n) is 2.52. The van der Waals surface area contributed by atoms with Crippen molar-refractivity contribution >= 4 is 12.4 Å². The number of unbranched alkanes of at least 4 members (excludes halogenated alkanes) is 1. The highest BCUT2D eigenvalue weighted by molar-refractivity contribution is 5.70. The molecular formula is C8H15NO3. The minimum absolute atomic E-state index is 0.0883. The lowest BCUT2D eigenvalue weighted by Gasteiger charge is -2.13. The van der Waals surface area contributed by atoms with Crippen LogP contribution in [0.25, 0.3) is 0 Å². The van der Waals surface area contributed by atoms with Crippen molar-refractivity contribution in [1.29, 1.82) is 0 Å². The second-order valence-corrected chi connectivity index (χ2v) is 2.52. The van der Waals surface area contributed by atoms with Gasteiger partial charge in [0, 0.05) is 7.05 Å². The number of nitrogens with zero attached hydrogens (tertiary/aromatic N) is 1. The van der Waals surface area contributed by atoms with Gasteiger partial charge in [-0.3, -0.25) is 0 Å². The first kappa shape index (κ1) is 10.9. The summed E-state index contributed by atoms with van der Waals surface area (Å²) in [5, 5.41) is 0. The van der Waals surface area contributed by atoms with Gasteiger partial charge in [-0.05, 0) is 6.42 Å². The third-order valence-corrected chi connectivity index (χ3v) is 1.38. The van der Waals surface area contributed by atoms with Crippen molar-refractivity contribution in [2.24, 2.45) is 0 Å². The molecule has 12 heavy (non-hydrogen) atoms. The molecule has 0 rings (SSSR count). The molecule has 4 nitrogen and oxygen atoms in total. The minimum Gasteiger partial charge on any atom is -0.449 e. The summed E-state index contributed by atoms with van der Waals surface area (Å²) in [4.78, 5) is 22.2. The number of likely N-dealkylation sites (N-methyl/N-ethyl adjacent to an activating group) is 1. The van der Waals surface area contributed by atoms with Crippen LogP contribution in [0.5, 0.6) is 0 Å². The molecule has 0 heterocycles. The molecule has 70 valence electrons. The Hall–Kier alpha value is -1.06. The Morgan fingerprint density at radius 1 is 1.58 bits per heavy atom. The van der Waals surface area contributed by atoms with E-state index < -0.39 is 6.09 Å². The number of amides is 1. The predicted octanol–water partition coefficient (Wildman–Crippen LogP) is 1.05. The van der Waals surface area contributed by atoms with Crippen molar-refractivity contribution in [1.82, 2.24) is 4.90 Å². The SMILES string of the molecule is CCCCOC(=O)N(C)CC=O. The Morgan fingerprint density at radius 3 is 2.75 bits per heavy atom. The van der Waals surface area contributed by atoms with E-state index in [0.717, 1.165) is 12.8 Å². The number of ether oxygens (including phenoxy) is 1. The quantitative estimate of drug-likeness (QED) is 0.461. The molecule has 0 spiro atoms. The van der Waals surface area contributed by atoms with Crippen LogP contribution in [0.4, 0.5) is 4.79 Å². The maximum absolute atomic E-state index is 11.0. The van der Waals surface area contributed by atoms with Crippen LogP contribution in [0.1, 0.15) is 19.8 Å². The summed E-state index contributed by atoms with van der Waals surface area (Å²) >= 11 is 0. The molecule has 0 aromatic heterocycles. The number of hydrogen-bond acceptors (Lipinski definition) is 3. The summed E-state index contributed by atoms with van der Waals surface area (Å²) in [6.07, 6.45) is 2.09. The molecular weight excluding hydrogens is 158 g/mol. The number of carbonyl (C=O) groups is 2. The lowest BCUT2D eigenvalue weighted by atomic mass is 10.4. The van der Waals surface area contributed by atoms with Crippen LogP contribution in [0, 0.1) is 0 Å². The van der Waals surface area contributed by atoms with Gasteiger partial charge in [-0.1, -0.05) is 13.3 Å². The van der Waals surface area contributed by atoms with Crippen LogP contribution < -0.4 is 0 Å². The molecule has 0 saturated heterocycles. The van der Waals surface area contributed by atoms with Crippen LogP contribution in [-0.4, -0.2) is 37.5 Å². The molecule has 0 saturated carbocycles. The minimum atomic E-state index is -0.435. The maximum Gasteiger partial charge on any atom is 0.409 e. The van der Waals surface area contributed by atoms with Crippen molar-refractivity contribution in [2.75, 3.05) is 20.2 Å². The largest absolute Gasteiger partial charge is 0.449 e. The monoisotopic (exact) mass is 173 g/mol. The van der Waals surface area contributed by atoms with Gasteiger partial charge in [0.15, 0.2) is 0 Å². The van der Waals surface area contributed by atoms with Crippen LogP contribution in [-0.2, 0) is 9.53 Å². The first-order valence-electron chi connectivity index (χ1n) is 4.04. The van der Waals surface area contributed by atoms with Gasteiger partial charge in [-0.2, -0.15) is 0 Å². The lowest BCUT2D eigenvalue weighted by Crippen LogP contribution is -2.29. The summed E-state index contributed by atoms with van der Waals surface area (Å²) in [7, 11) is 1.53.